The number of benzene rings is 3. The lowest BCUT2D eigenvalue weighted by molar-refractivity contribution is 0.278. The molecule has 0 saturated heterocycles. The molecule has 0 radical (unpaired) electrons. The summed E-state index contributed by atoms with van der Waals surface area (Å²) in [4.78, 5) is 0. The SMILES string of the molecule is [SiH3]OC(C#Cc1ccccc1)(C#Cc1ccccc1)C#Cc1ccccc1. The fourth-order valence-electron chi connectivity index (χ4n) is 2.29. The van der Waals surface area contributed by atoms with E-state index in [-0.39, 0.29) is 0 Å². The van der Waals surface area contributed by atoms with E-state index in [4.69, 9.17) is 4.43 Å². The van der Waals surface area contributed by atoms with Crippen LogP contribution in [0.25, 0.3) is 0 Å². The van der Waals surface area contributed by atoms with Gasteiger partial charge in [0.25, 0.3) is 0 Å². The third-order valence-electron chi connectivity index (χ3n) is 3.78. The molecule has 3 rings (SSSR count). The Kier molecular flexibility index (Phi) is 6.29. The first kappa shape index (κ1) is 18.3. The van der Waals surface area contributed by atoms with E-state index in [0.29, 0.717) is 10.5 Å². The molecule has 27 heavy (non-hydrogen) atoms. The van der Waals surface area contributed by atoms with E-state index in [2.05, 4.69) is 35.5 Å². The molecule has 1 nitrogen and oxygen atoms in total. The van der Waals surface area contributed by atoms with E-state index >= 15 is 0 Å². The average molecular weight is 363 g/mol. The quantitative estimate of drug-likeness (QED) is 0.477. The second-order valence-electron chi connectivity index (χ2n) is 5.73. The number of hydrogen-bond acceptors (Lipinski definition) is 1. The highest BCUT2D eigenvalue weighted by atomic mass is 28.2. The minimum atomic E-state index is -1.12. The Morgan fingerprint density at radius 1 is 0.519 bits per heavy atom. The van der Waals surface area contributed by atoms with Crippen LogP contribution in [-0.4, -0.2) is 16.1 Å². The summed E-state index contributed by atoms with van der Waals surface area (Å²) in [6.45, 7) is 0. The molecule has 0 amide bonds. The zero-order valence-corrected chi connectivity index (χ0v) is 17.1. The van der Waals surface area contributed by atoms with Gasteiger partial charge in [0.2, 0.25) is 5.60 Å². The van der Waals surface area contributed by atoms with Crippen molar-refractivity contribution in [3.63, 3.8) is 0 Å². The first-order chi connectivity index (χ1) is 13.3. The molecule has 0 aliphatic heterocycles. The minimum Gasteiger partial charge on any atom is -0.394 e. The highest BCUT2D eigenvalue weighted by molar-refractivity contribution is 5.99. The van der Waals surface area contributed by atoms with Crippen molar-refractivity contribution < 1.29 is 4.43 Å². The molecule has 0 aliphatic carbocycles. The highest BCUT2D eigenvalue weighted by Crippen LogP contribution is 2.09. The summed E-state index contributed by atoms with van der Waals surface area (Å²) >= 11 is 0. The predicted octanol–water partition coefficient (Wildman–Crippen LogP) is 3.18. The van der Waals surface area contributed by atoms with E-state index in [0.717, 1.165) is 16.7 Å². The molecule has 0 unspecified atom stereocenters. The summed E-state index contributed by atoms with van der Waals surface area (Å²) in [6, 6.07) is 29.4. The zero-order valence-electron chi connectivity index (χ0n) is 15.1. The Balaban J connectivity index is 2.03. The lowest BCUT2D eigenvalue weighted by Gasteiger charge is -2.14. The van der Waals surface area contributed by atoms with E-state index in [1.54, 1.807) is 0 Å². The molecule has 2 heteroatoms. The molecule has 0 fully saturated rings. The van der Waals surface area contributed by atoms with Crippen LogP contribution in [-0.2, 0) is 4.43 Å². The normalized spacial score (nSPS) is 9.78. The van der Waals surface area contributed by atoms with Crippen molar-refractivity contribution in [2.45, 2.75) is 5.60 Å². The summed E-state index contributed by atoms with van der Waals surface area (Å²) in [5.74, 6) is 18.9. The standard InChI is InChI=1S/C25H18OSi/c27-26-25(19-16-22-10-4-1-5-11-22,20-17-23-12-6-2-7-13-23)21-18-24-14-8-3-9-15-24/h1-15H,27H3. The fraction of sp³-hybridized carbons (Fsp3) is 0.0400. The van der Waals surface area contributed by atoms with Gasteiger partial charge in [-0.25, -0.2) is 0 Å². The van der Waals surface area contributed by atoms with Gasteiger partial charge in [0, 0.05) is 16.7 Å². The van der Waals surface area contributed by atoms with Crippen LogP contribution >= 0.6 is 0 Å². The van der Waals surface area contributed by atoms with E-state index in [1.807, 2.05) is 91.0 Å². The molecular weight excluding hydrogens is 344 g/mol. The van der Waals surface area contributed by atoms with Gasteiger partial charge >= 0.3 is 0 Å². The molecule has 3 aromatic rings. The Morgan fingerprint density at radius 3 is 1.07 bits per heavy atom. The van der Waals surface area contributed by atoms with Gasteiger partial charge in [-0.2, -0.15) is 0 Å². The molecule has 3 aromatic carbocycles. The molecule has 0 aromatic heterocycles. The van der Waals surface area contributed by atoms with Gasteiger partial charge in [-0.15, -0.1) is 0 Å². The molecule has 0 N–H and O–H groups in total. The summed E-state index contributed by atoms with van der Waals surface area (Å²) in [7, 11) is 0.468. The monoisotopic (exact) mass is 362 g/mol. The van der Waals surface area contributed by atoms with Crippen molar-refractivity contribution >= 4 is 10.5 Å². The maximum absolute atomic E-state index is 5.82. The average Bonchev–Trinajstić information content (AvgIpc) is 2.76. The Hall–Kier alpha value is -3.48. The van der Waals surface area contributed by atoms with Crippen LogP contribution in [0.1, 0.15) is 16.7 Å². The molecule has 0 atom stereocenters. The smallest absolute Gasteiger partial charge is 0.245 e. The number of rotatable bonds is 1. The summed E-state index contributed by atoms with van der Waals surface area (Å²) in [5.41, 5.74) is 1.60. The topological polar surface area (TPSA) is 9.23 Å². The third-order valence-corrected chi connectivity index (χ3v) is 4.39. The van der Waals surface area contributed by atoms with Crippen LogP contribution < -0.4 is 0 Å². The maximum Gasteiger partial charge on any atom is 0.245 e. The first-order valence-electron chi connectivity index (χ1n) is 8.59. The van der Waals surface area contributed by atoms with Crippen LogP contribution in [0.5, 0.6) is 0 Å². The van der Waals surface area contributed by atoms with Gasteiger partial charge in [-0.3, -0.25) is 0 Å². The minimum absolute atomic E-state index is 0.468. The van der Waals surface area contributed by atoms with E-state index < -0.39 is 5.60 Å². The molecule has 0 saturated carbocycles. The molecule has 128 valence electrons. The molecule has 0 aliphatic rings. The van der Waals surface area contributed by atoms with Crippen molar-refractivity contribution in [1.82, 2.24) is 0 Å². The van der Waals surface area contributed by atoms with Crippen LogP contribution in [0.15, 0.2) is 91.0 Å². The van der Waals surface area contributed by atoms with Crippen LogP contribution in [0, 0.1) is 35.5 Å². The van der Waals surface area contributed by atoms with Crippen molar-refractivity contribution in [2.75, 3.05) is 0 Å². The second kappa shape index (κ2) is 9.28. The van der Waals surface area contributed by atoms with Crippen LogP contribution in [0.4, 0.5) is 0 Å². The molecule has 0 bridgehead atoms. The lowest BCUT2D eigenvalue weighted by Crippen LogP contribution is -2.26. The lowest BCUT2D eigenvalue weighted by atomic mass is 10.0. The van der Waals surface area contributed by atoms with Crippen molar-refractivity contribution in [2.24, 2.45) is 0 Å². The van der Waals surface area contributed by atoms with Gasteiger partial charge in [0.15, 0.2) is 10.5 Å². The zero-order chi connectivity index (χ0) is 18.8. The van der Waals surface area contributed by atoms with E-state index in [1.165, 1.54) is 0 Å². The third kappa shape index (κ3) is 5.50. The van der Waals surface area contributed by atoms with Gasteiger partial charge in [-0.1, -0.05) is 72.4 Å². The Labute approximate surface area is 164 Å². The largest absolute Gasteiger partial charge is 0.394 e. The summed E-state index contributed by atoms with van der Waals surface area (Å²) in [5, 5.41) is 0. The van der Waals surface area contributed by atoms with Gasteiger partial charge < -0.3 is 4.43 Å². The molecular formula is C25H18OSi. The Morgan fingerprint density at radius 2 is 0.815 bits per heavy atom. The predicted molar refractivity (Wildman–Crippen MR) is 114 cm³/mol. The van der Waals surface area contributed by atoms with Crippen LogP contribution in [0.3, 0.4) is 0 Å². The molecule has 0 spiro atoms. The van der Waals surface area contributed by atoms with E-state index in [9.17, 15) is 0 Å². The van der Waals surface area contributed by atoms with Crippen molar-refractivity contribution in [3.8, 4) is 35.5 Å². The van der Waals surface area contributed by atoms with Crippen molar-refractivity contribution in [1.29, 1.82) is 0 Å². The van der Waals surface area contributed by atoms with Gasteiger partial charge in [0.1, 0.15) is 0 Å². The van der Waals surface area contributed by atoms with Gasteiger partial charge in [-0.05, 0) is 54.2 Å². The van der Waals surface area contributed by atoms with Crippen molar-refractivity contribution in [3.05, 3.63) is 108 Å². The van der Waals surface area contributed by atoms with Gasteiger partial charge in [0.05, 0.1) is 0 Å². The molecule has 0 heterocycles. The first-order valence-corrected chi connectivity index (χ1v) is 9.41. The summed E-state index contributed by atoms with van der Waals surface area (Å²) < 4.78 is 5.82. The second-order valence-corrected chi connectivity index (χ2v) is 6.14. The number of hydrogen-bond donors (Lipinski definition) is 0. The highest BCUT2D eigenvalue weighted by Gasteiger charge is 2.21. The maximum atomic E-state index is 5.82. The van der Waals surface area contributed by atoms with Crippen LogP contribution in [0.2, 0.25) is 0 Å². The fourth-order valence-corrected chi connectivity index (χ4v) is 2.60. The Bertz CT molecular complexity index is 915. The summed E-state index contributed by atoms with van der Waals surface area (Å²) in [6.07, 6.45) is 0.